The van der Waals surface area contributed by atoms with Crippen LogP contribution in [0.3, 0.4) is 0 Å². The number of furan rings is 1. The molecule has 1 atom stereocenters. The van der Waals surface area contributed by atoms with Crippen LogP contribution in [-0.2, 0) is 6.54 Å². The molecule has 0 aliphatic carbocycles. The first-order valence-electron chi connectivity index (χ1n) is 6.62. The van der Waals surface area contributed by atoms with Gasteiger partial charge < -0.3 is 14.8 Å². The normalized spacial score (nSPS) is 14.7. The monoisotopic (exact) mass is 281 g/mol. The van der Waals surface area contributed by atoms with E-state index < -0.39 is 5.60 Å². The number of rotatable bonds is 6. The predicted octanol–water partition coefficient (Wildman–Crippen LogP) is 3.73. The van der Waals surface area contributed by atoms with Gasteiger partial charge in [-0.3, -0.25) is 0 Å². The van der Waals surface area contributed by atoms with Crippen molar-refractivity contribution >= 4 is 22.6 Å². The molecule has 1 heterocycles. The average molecular weight is 282 g/mol. The Morgan fingerprint density at radius 1 is 1.37 bits per heavy atom. The average Bonchev–Trinajstić information content (AvgIpc) is 2.66. The minimum absolute atomic E-state index is 0.420. The van der Waals surface area contributed by atoms with E-state index in [0.29, 0.717) is 18.3 Å². The lowest BCUT2D eigenvalue weighted by atomic mass is 10.0. The van der Waals surface area contributed by atoms with Crippen molar-refractivity contribution in [3.63, 3.8) is 0 Å². The summed E-state index contributed by atoms with van der Waals surface area (Å²) >= 11 is 6.11. The maximum Gasteiger partial charge on any atom is 0.199 e. The van der Waals surface area contributed by atoms with E-state index >= 15 is 0 Å². The van der Waals surface area contributed by atoms with E-state index in [4.69, 9.17) is 16.0 Å². The Labute approximate surface area is 118 Å². The number of nitrogens with one attached hydrogen (secondary N) is 1. The maximum absolute atomic E-state index is 10.1. The topological polar surface area (TPSA) is 45.4 Å². The number of halogens is 1. The Bertz CT molecular complexity index is 548. The first-order chi connectivity index (χ1) is 9.03. The number of para-hydroxylation sites is 1. The van der Waals surface area contributed by atoms with Crippen molar-refractivity contribution in [2.45, 2.75) is 38.8 Å². The number of hydrogen-bond donors (Lipinski definition) is 2. The molecule has 2 N–H and O–H groups in total. The molecule has 0 saturated carbocycles. The Morgan fingerprint density at radius 3 is 2.84 bits per heavy atom. The van der Waals surface area contributed by atoms with Gasteiger partial charge in [0.15, 0.2) is 5.22 Å². The van der Waals surface area contributed by atoms with Gasteiger partial charge >= 0.3 is 0 Å². The van der Waals surface area contributed by atoms with Crippen molar-refractivity contribution in [1.29, 1.82) is 0 Å². The van der Waals surface area contributed by atoms with Crippen LogP contribution in [0.25, 0.3) is 11.0 Å². The smallest absolute Gasteiger partial charge is 0.199 e. The Kier molecular flexibility index (Phi) is 4.50. The molecule has 0 saturated heterocycles. The van der Waals surface area contributed by atoms with Crippen LogP contribution in [-0.4, -0.2) is 17.3 Å². The summed E-state index contributed by atoms with van der Waals surface area (Å²) in [5, 5.41) is 14.8. The summed E-state index contributed by atoms with van der Waals surface area (Å²) in [5.74, 6) is 0. The molecule has 1 unspecified atom stereocenters. The highest BCUT2D eigenvalue weighted by atomic mass is 35.5. The van der Waals surface area contributed by atoms with E-state index in [2.05, 4.69) is 12.2 Å². The van der Waals surface area contributed by atoms with E-state index in [-0.39, 0.29) is 0 Å². The van der Waals surface area contributed by atoms with Gasteiger partial charge in [0.05, 0.1) is 5.60 Å². The summed E-state index contributed by atoms with van der Waals surface area (Å²) in [4.78, 5) is 0. The molecule has 2 rings (SSSR count). The second-order valence-corrected chi connectivity index (χ2v) is 5.54. The van der Waals surface area contributed by atoms with Crippen molar-refractivity contribution in [3.8, 4) is 0 Å². The number of hydrogen-bond acceptors (Lipinski definition) is 3. The zero-order chi connectivity index (χ0) is 13.9. The van der Waals surface area contributed by atoms with Crippen LogP contribution in [0.1, 0.15) is 32.3 Å². The summed E-state index contributed by atoms with van der Waals surface area (Å²) in [6.07, 6.45) is 1.74. The molecule has 0 aliphatic heterocycles. The third-order valence-electron chi connectivity index (χ3n) is 3.25. The quantitative estimate of drug-likeness (QED) is 0.848. The molecular formula is C15H20ClNO2. The zero-order valence-electron chi connectivity index (χ0n) is 11.4. The SMILES string of the molecule is CCCC(C)(O)CNCc1c(Cl)oc2ccccc12. The predicted molar refractivity (Wildman–Crippen MR) is 78.5 cm³/mol. The minimum Gasteiger partial charge on any atom is -0.444 e. The molecule has 0 radical (unpaired) electrons. The van der Waals surface area contributed by atoms with Crippen LogP contribution < -0.4 is 5.32 Å². The Balaban J connectivity index is 2.04. The largest absolute Gasteiger partial charge is 0.444 e. The van der Waals surface area contributed by atoms with Gasteiger partial charge in [-0.2, -0.15) is 0 Å². The lowest BCUT2D eigenvalue weighted by Gasteiger charge is -2.22. The summed E-state index contributed by atoms with van der Waals surface area (Å²) in [6.45, 7) is 5.04. The molecule has 1 aromatic carbocycles. The molecule has 3 nitrogen and oxygen atoms in total. The summed E-state index contributed by atoms with van der Waals surface area (Å²) in [6, 6.07) is 7.78. The summed E-state index contributed by atoms with van der Waals surface area (Å²) < 4.78 is 5.49. The molecular weight excluding hydrogens is 262 g/mol. The van der Waals surface area contributed by atoms with Crippen LogP contribution >= 0.6 is 11.6 Å². The van der Waals surface area contributed by atoms with Gasteiger partial charge in [0.1, 0.15) is 5.58 Å². The second-order valence-electron chi connectivity index (χ2n) is 5.20. The van der Waals surface area contributed by atoms with Crippen molar-refractivity contribution in [1.82, 2.24) is 5.32 Å². The van der Waals surface area contributed by atoms with Gasteiger partial charge in [0, 0.05) is 24.0 Å². The third-order valence-corrected chi connectivity index (χ3v) is 3.55. The first-order valence-corrected chi connectivity index (χ1v) is 7.00. The molecule has 0 spiro atoms. The lowest BCUT2D eigenvalue weighted by Crippen LogP contribution is -2.37. The summed E-state index contributed by atoms with van der Waals surface area (Å²) in [7, 11) is 0. The molecule has 0 bridgehead atoms. The van der Waals surface area contributed by atoms with Gasteiger partial charge in [-0.05, 0) is 31.0 Å². The first kappa shape index (κ1) is 14.4. The van der Waals surface area contributed by atoms with Crippen LogP contribution in [0, 0.1) is 0 Å². The fourth-order valence-corrected chi connectivity index (χ4v) is 2.57. The van der Waals surface area contributed by atoms with E-state index in [0.717, 1.165) is 29.4 Å². The Morgan fingerprint density at radius 2 is 2.11 bits per heavy atom. The third kappa shape index (κ3) is 3.50. The fraction of sp³-hybridized carbons (Fsp3) is 0.467. The van der Waals surface area contributed by atoms with Crippen molar-refractivity contribution < 1.29 is 9.52 Å². The van der Waals surface area contributed by atoms with Crippen molar-refractivity contribution in [2.24, 2.45) is 0 Å². The van der Waals surface area contributed by atoms with Crippen molar-refractivity contribution in [3.05, 3.63) is 35.0 Å². The molecule has 4 heteroatoms. The molecule has 0 fully saturated rings. The highest BCUT2D eigenvalue weighted by Gasteiger charge is 2.19. The van der Waals surface area contributed by atoms with Crippen LogP contribution in [0.4, 0.5) is 0 Å². The number of benzene rings is 1. The van der Waals surface area contributed by atoms with Crippen LogP contribution in [0.15, 0.2) is 28.7 Å². The second kappa shape index (κ2) is 5.95. The lowest BCUT2D eigenvalue weighted by molar-refractivity contribution is 0.0498. The van der Waals surface area contributed by atoms with Gasteiger partial charge in [-0.25, -0.2) is 0 Å². The molecule has 1 aromatic heterocycles. The van der Waals surface area contributed by atoms with Gasteiger partial charge in [-0.15, -0.1) is 0 Å². The van der Waals surface area contributed by atoms with E-state index in [9.17, 15) is 5.11 Å². The van der Waals surface area contributed by atoms with E-state index in [1.165, 1.54) is 0 Å². The number of aliphatic hydroxyl groups is 1. The fourth-order valence-electron chi connectivity index (χ4n) is 2.32. The summed E-state index contributed by atoms with van der Waals surface area (Å²) in [5.41, 5.74) is 1.06. The minimum atomic E-state index is -0.680. The zero-order valence-corrected chi connectivity index (χ0v) is 12.1. The highest BCUT2D eigenvalue weighted by molar-refractivity contribution is 6.30. The Hall–Kier alpha value is -1.03. The molecule has 104 valence electrons. The van der Waals surface area contributed by atoms with E-state index in [1.807, 2.05) is 31.2 Å². The molecule has 19 heavy (non-hydrogen) atoms. The molecule has 0 aliphatic rings. The standard InChI is InChI=1S/C15H20ClNO2/c1-3-8-15(2,18)10-17-9-12-11-6-4-5-7-13(11)19-14(12)16/h4-7,17-18H,3,8-10H2,1-2H3. The number of fused-ring (bicyclic) bond motifs is 1. The van der Waals surface area contributed by atoms with Gasteiger partial charge in [0.25, 0.3) is 0 Å². The van der Waals surface area contributed by atoms with E-state index in [1.54, 1.807) is 0 Å². The van der Waals surface area contributed by atoms with Crippen LogP contribution in [0.2, 0.25) is 5.22 Å². The molecule has 0 amide bonds. The maximum atomic E-state index is 10.1. The van der Waals surface area contributed by atoms with Crippen LogP contribution in [0.5, 0.6) is 0 Å². The van der Waals surface area contributed by atoms with Crippen molar-refractivity contribution in [2.75, 3.05) is 6.54 Å². The van der Waals surface area contributed by atoms with Gasteiger partial charge in [-0.1, -0.05) is 31.5 Å². The molecule has 2 aromatic rings. The van der Waals surface area contributed by atoms with Gasteiger partial charge in [0.2, 0.25) is 0 Å². The highest BCUT2D eigenvalue weighted by Crippen LogP contribution is 2.29.